The van der Waals surface area contributed by atoms with Gasteiger partial charge in [-0.25, -0.2) is 0 Å². The molecular weight excluding hydrogens is 299 g/mol. The molecule has 0 spiro atoms. The van der Waals surface area contributed by atoms with Crippen molar-refractivity contribution < 1.29 is 22.7 Å². The fraction of sp³-hybridized carbons (Fsp3) is 0.429. The summed E-state index contributed by atoms with van der Waals surface area (Å²) in [5.41, 5.74) is 1.33. The SMILES string of the molecule is Cc1c(N2CCN(C(=O)/C=C/C(F)(F)F)CC2)ccc[n+]1[O-]. The number of pyridine rings is 1. The monoisotopic (exact) mass is 315 g/mol. The molecule has 1 amide bonds. The Balaban J connectivity index is 1.97. The first kappa shape index (κ1) is 16.1. The van der Waals surface area contributed by atoms with Crippen LogP contribution in [0.15, 0.2) is 30.5 Å². The van der Waals surface area contributed by atoms with Crippen molar-refractivity contribution in [3.05, 3.63) is 41.4 Å². The molecule has 8 heteroatoms. The number of hydrogen-bond acceptors (Lipinski definition) is 3. The van der Waals surface area contributed by atoms with E-state index in [0.717, 1.165) is 10.4 Å². The molecule has 0 bridgehead atoms. The highest BCUT2D eigenvalue weighted by atomic mass is 19.4. The molecule has 22 heavy (non-hydrogen) atoms. The van der Waals surface area contributed by atoms with Gasteiger partial charge in [0.25, 0.3) is 0 Å². The third-order valence-electron chi connectivity index (χ3n) is 3.52. The second kappa shape index (κ2) is 6.25. The van der Waals surface area contributed by atoms with Gasteiger partial charge in [0.15, 0.2) is 6.20 Å². The molecule has 1 fully saturated rings. The van der Waals surface area contributed by atoms with E-state index in [1.807, 2.05) is 11.0 Å². The molecule has 1 aromatic rings. The largest absolute Gasteiger partial charge is 0.618 e. The van der Waals surface area contributed by atoms with E-state index >= 15 is 0 Å². The fourth-order valence-electron chi connectivity index (χ4n) is 2.33. The Morgan fingerprint density at radius 3 is 2.55 bits per heavy atom. The number of carbonyl (C=O) groups excluding carboxylic acids is 1. The third-order valence-corrected chi connectivity index (χ3v) is 3.52. The second-order valence-electron chi connectivity index (χ2n) is 4.99. The van der Waals surface area contributed by atoms with Gasteiger partial charge in [-0.1, -0.05) is 0 Å². The van der Waals surface area contributed by atoms with Gasteiger partial charge in [-0.05, 0) is 6.07 Å². The topological polar surface area (TPSA) is 50.5 Å². The van der Waals surface area contributed by atoms with Crippen molar-refractivity contribution in [2.45, 2.75) is 13.1 Å². The van der Waals surface area contributed by atoms with E-state index in [4.69, 9.17) is 0 Å². The summed E-state index contributed by atoms with van der Waals surface area (Å²) >= 11 is 0. The summed E-state index contributed by atoms with van der Waals surface area (Å²) in [6.07, 6.45) is -2.58. The molecule has 1 saturated heterocycles. The maximum atomic E-state index is 12.1. The van der Waals surface area contributed by atoms with Gasteiger partial charge >= 0.3 is 6.18 Å². The minimum absolute atomic E-state index is 0.0522. The molecule has 1 aromatic heterocycles. The summed E-state index contributed by atoms with van der Waals surface area (Å²) in [4.78, 5) is 15.0. The van der Waals surface area contributed by atoms with Gasteiger partial charge in [0, 0.05) is 51.3 Å². The minimum atomic E-state index is -4.49. The quantitative estimate of drug-likeness (QED) is 0.471. The lowest BCUT2D eigenvalue weighted by atomic mass is 10.2. The standard InChI is InChI=1S/C14H16F3N3O2/c1-11-12(3-2-6-20(11)22)18-7-9-19(10-8-18)13(21)4-5-14(15,16)17/h2-6H,7-10H2,1H3/b5-4+. The Kier molecular flexibility index (Phi) is 4.58. The third kappa shape index (κ3) is 3.90. The van der Waals surface area contributed by atoms with E-state index in [9.17, 15) is 23.2 Å². The Bertz CT molecular complexity index is 579. The number of hydrogen-bond donors (Lipinski definition) is 0. The van der Waals surface area contributed by atoms with E-state index in [1.165, 1.54) is 11.1 Å². The zero-order valence-corrected chi connectivity index (χ0v) is 12.0. The Morgan fingerprint density at radius 2 is 1.95 bits per heavy atom. The predicted molar refractivity (Wildman–Crippen MR) is 74.1 cm³/mol. The molecule has 2 rings (SSSR count). The van der Waals surface area contributed by atoms with Crippen molar-refractivity contribution in [1.82, 2.24) is 4.90 Å². The summed E-state index contributed by atoms with van der Waals surface area (Å²) in [6.45, 7) is 3.27. The van der Waals surface area contributed by atoms with E-state index in [1.54, 1.807) is 13.0 Å². The van der Waals surface area contributed by atoms with Crippen molar-refractivity contribution >= 4 is 11.6 Å². The average Bonchev–Trinajstić information content (AvgIpc) is 2.47. The van der Waals surface area contributed by atoms with Crippen LogP contribution in [0.1, 0.15) is 5.69 Å². The summed E-state index contributed by atoms with van der Waals surface area (Å²) in [6, 6.07) is 3.45. The number of aromatic nitrogens is 1. The normalized spacial score (nSPS) is 16.4. The molecular formula is C14H16F3N3O2. The van der Waals surface area contributed by atoms with Crippen molar-refractivity contribution in [1.29, 1.82) is 0 Å². The van der Waals surface area contributed by atoms with Gasteiger partial charge < -0.3 is 15.0 Å². The molecule has 0 atom stereocenters. The van der Waals surface area contributed by atoms with Crippen LogP contribution in [0.3, 0.4) is 0 Å². The lowest BCUT2D eigenvalue weighted by Gasteiger charge is -2.35. The van der Waals surface area contributed by atoms with Gasteiger partial charge in [0.1, 0.15) is 5.69 Å². The number of anilines is 1. The lowest BCUT2D eigenvalue weighted by Crippen LogP contribution is -2.49. The van der Waals surface area contributed by atoms with Crippen LogP contribution in [0.25, 0.3) is 0 Å². The van der Waals surface area contributed by atoms with Gasteiger partial charge in [-0.3, -0.25) is 4.79 Å². The molecule has 0 saturated carbocycles. The van der Waals surface area contributed by atoms with Crippen LogP contribution in [-0.4, -0.2) is 43.2 Å². The Hall–Kier alpha value is -2.25. The first-order valence-corrected chi connectivity index (χ1v) is 6.76. The molecule has 1 aliphatic rings. The summed E-state index contributed by atoms with van der Waals surface area (Å²) < 4.78 is 36.9. The average molecular weight is 315 g/mol. The van der Waals surface area contributed by atoms with Gasteiger partial charge in [-0.15, -0.1) is 0 Å². The van der Waals surface area contributed by atoms with E-state index < -0.39 is 12.1 Å². The smallest absolute Gasteiger partial charge is 0.409 e. The molecule has 0 aliphatic carbocycles. The zero-order chi connectivity index (χ0) is 16.3. The molecule has 0 N–H and O–H groups in total. The molecule has 1 aliphatic heterocycles. The highest BCUT2D eigenvalue weighted by Gasteiger charge is 2.26. The number of amides is 1. The van der Waals surface area contributed by atoms with Crippen molar-refractivity contribution in [3.63, 3.8) is 0 Å². The maximum Gasteiger partial charge on any atom is 0.409 e. The van der Waals surface area contributed by atoms with Crippen molar-refractivity contribution in [2.75, 3.05) is 31.1 Å². The molecule has 0 aromatic carbocycles. The number of piperazine rings is 1. The number of carbonyl (C=O) groups is 1. The van der Waals surface area contributed by atoms with Crippen molar-refractivity contribution in [3.8, 4) is 0 Å². The number of rotatable bonds is 2. The van der Waals surface area contributed by atoms with Crippen LogP contribution in [0.2, 0.25) is 0 Å². The molecule has 0 radical (unpaired) electrons. The number of halogens is 3. The zero-order valence-electron chi connectivity index (χ0n) is 12.0. The highest BCUT2D eigenvalue weighted by molar-refractivity contribution is 5.87. The first-order chi connectivity index (χ1) is 10.3. The number of alkyl halides is 3. The van der Waals surface area contributed by atoms with Crippen molar-refractivity contribution in [2.24, 2.45) is 0 Å². The lowest BCUT2D eigenvalue weighted by molar-refractivity contribution is -0.611. The number of nitrogens with zero attached hydrogens (tertiary/aromatic N) is 3. The molecule has 2 heterocycles. The Labute approximate surface area is 125 Å². The van der Waals surface area contributed by atoms with E-state index in [0.29, 0.717) is 37.9 Å². The van der Waals surface area contributed by atoms with Crippen LogP contribution in [0.5, 0.6) is 0 Å². The minimum Gasteiger partial charge on any atom is -0.618 e. The fourth-order valence-corrected chi connectivity index (χ4v) is 2.33. The summed E-state index contributed by atoms with van der Waals surface area (Å²) in [5.74, 6) is -0.652. The van der Waals surface area contributed by atoms with Crippen LogP contribution < -0.4 is 9.63 Å². The number of allylic oxidation sites excluding steroid dienone is 1. The van der Waals surface area contributed by atoms with E-state index in [2.05, 4.69) is 0 Å². The van der Waals surface area contributed by atoms with Gasteiger partial charge in [0.2, 0.25) is 11.6 Å². The molecule has 5 nitrogen and oxygen atoms in total. The first-order valence-electron chi connectivity index (χ1n) is 6.76. The highest BCUT2D eigenvalue weighted by Crippen LogP contribution is 2.19. The van der Waals surface area contributed by atoms with Crippen LogP contribution in [0.4, 0.5) is 18.9 Å². The Morgan fingerprint density at radius 1 is 1.32 bits per heavy atom. The second-order valence-corrected chi connectivity index (χ2v) is 4.99. The van der Waals surface area contributed by atoms with E-state index in [-0.39, 0.29) is 6.08 Å². The van der Waals surface area contributed by atoms with Gasteiger partial charge in [-0.2, -0.15) is 17.9 Å². The van der Waals surface area contributed by atoms with Crippen LogP contribution in [0, 0.1) is 12.1 Å². The molecule has 120 valence electrons. The summed E-state index contributed by atoms with van der Waals surface area (Å²) in [5, 5.41) is 11.5. The van der Waals surface area contributed by atoms with Crippen LogP contribution >= 0.6 is 0 Å². The summed E-state index contributed by atoms with van der Waals surface area (Å²) in [7, 11) is 0. The predicted octanol–water partition coefficient (Wildman–Crippen LogP) is 1.40. The van der Waals surface area contributed by atoms with Gasteiger partial charge in [0.05, 0.1) is 0 Å². The van der Waals surface area contributed by atoms with Crippen LogP contribution in [-0.2, 0) is 4.79 Å². The maximum absolute atomic E-state index is 12.1. The molecule has 0 unspecified atom stereocenters.